The summed E-state index contributed by atoms with van der Waals surface area (Å²) in [7, 11) is 0. The Morgan fingerprint density at radius 1 is 1.17 bits per heavy atom. The summed E-state index contributed by atoms with van der Waals surface area (Å²) < 4.78 is 0. The number of nitrogens with one attached hydrogen (secondary N) is 1. The van der Waals surface area contributed by atoms with Crippen molar-refractivity contribution in [2.75, 3.05) is 6.54 Å². The number of rotatable bonds is 7. The maximum atomic E-state index is 6.32. The molecule has 0 saturated carbocycles. The van der Waals surface area contributed by atoms with Crippen LogP contribution < -0.4 is 5.32 Å². The SMILES string of the molecule is CCCNC(c1ccc(Cl)cc1Cl)C(C)CCC. The van der Waals surface area contributed by atoms with Crippen molar-refractivity contribution in [2.24, 2.45) is 5.92 Å². The topological polar surface area (TPSA) is 12.0 Å². The van der Waals surface area contributed by atoms with E-state index >= 15 is 0 Å². The summed E-state index contributed by atoms with van der Waals surface area (Å²) in [5.74, 6) is 0.570. The molecule has 1 aromatic rings. The van der Waals surface area contributed by atoms with Gasteiger partial charge in [-0.25, -0.2) is 0 Å². The van der Waals surface area contributed by atoms with Crippen molar-refractivity contribution in [2.45, 2.75) is 46.1 Å². The summed E-state index contributed by atoms with van der Waals surface area (Å²) in [4.78, 5) is 0. The Balaban J connectivity index is 2.93. The van der Waals surface area contributed by atoms with E-state index in [0.29, 0.717) is 17.0 Å². The summed E-state index contributed by atoms with van der Waals surface area (Å²) in [5, 5.41) is 5.06. The van der Waals surface area contributed by atoms with E-state index in [9.17, 15) is 0 Å². The summed E-state index contributed by atoms with van der Waals surface area (Å²) >= 11 is 12.3. The monoisotopic (exact) mass is 287 g/mol. The summed E-state index contributed by atoms with van der Waals surface area (Å²) in [6.45, 7) is 7.69. The van der Waals surface area contributed by atoms with E-state index in [0.717, 1.165) is 23.6 Å². The lowest BCUT2D eigenvalue weighted by Crippen LogP contribution is -2.28. The van der Waals surface area contributed by atoms with Gasteiger partial charge in [-0.2, -0.15) is 0 Å². The third-order valence-corrected chi connectivity index (χ3v) is 3.79. The summed E-state index contributed by atoms with van der Waals surface area (Å²) in [6.07, 6.45) is 3.51. The average molecular weight is 288 g/mol. The maximum absolute atomic E-state index is 6.32. The highest BCUT2D eigenvalue weighted by Crippen LogP contribution is 2.32. The van der Waals surface area contributed by atoms with E-state index < -0.39 is 0 Å². The van der Waals surface area contributed by atoms with Crippen molar-refractivity contribution in [1.29, 1.82) is 0 Å². The lowest BCUT2D eigenvalue weighted by atomic mass is 9.91. The van der Waals surface area contributed by atoms with Crippen LogP contribution in [-0.2, 0) is 0 Å². The Morgan fingerprint density at radius 3 is 2.44 bits per heavy atom. The fraction of sp³-hybridized carbons (Fsp3) is 0.600. The minimum atomic E-state index is 0.315. The molecule has 0 bridgehead atoms. The molecule has 3 heteroatoms. The molecule has 0 radical (unpaired) electrons. The molecule has 2 atom stereocenters. The van der Waals surface area contributed by atoms with E-state index in [-0.39, 0.29) is 0 Å². The second kappa shape index (κ2) is 8.04. The smallest absolute Gasteiger partial charge is 0.0468 e. The Kier molecular flexibility index (Phi) is 7.06. The molecule has 102 valence electrons. The zero-order valence-corrected chi connectivity index (χ0v) is 13.0. The zero-order valence-electron chi connectivity index (χ0n) is 11.5. The van der Waals surface area contributed by atoms with Crippen molar-refractivity contribution in [3.63, 3.8) is 0 Å². The number of hydrogen-bond acceptors (Lipinski definition) is 1. The molecule has 0 saturated heterocycles. The van der Waals surface area contributed by atoms with E-state index in [2.05, 4.69) is 26.1 Å². The normalized spacial score (nSPS) is 14.5. The van der Waals surface area contributed by atoms with Crippen molar-refractivity contribution < 1.29 is 0 Å². The van der Waals surface area contributed by atoms with Gasteiger partial charge in [-0.1, -0.05) is 56.5 Å². The quantitative estimate of drug-likeness (QED) is 0.701. The second-order valence-electron chi connectivity index (χ2n) is 4.86. The third kappa shape index (κ3) is 4.46. The molecule has 0 aliphatic heterocycles. The molecule has 0 spiro atoms. The van der Waals surface area contributed by atoms with Crippen molar-refractivity contribution in [3.05, 3.63) is 33.8 Å². The van der Waals surface area contributed by atoms with Crippen LogP contribution in [-0.4, -0.2) is 6.54 Å². The van der Waals surface area contributed by atoms with Crippen LogP contribution in [0.15, 0.2) is 18.2 Å². The summed E-state index contributed by atoms with van der Waals surface area (Å²) in [6, 6.07) is 6.11. The molecule has 0 aliphatic rings. The van der Waals surface area contributed by atoms with E-state index in [4.69, 9.17) is 23.2 Å². The van der Waals surface area contributed by atoms with Crippen LogP contribution in [0.3, 0.4) is 0 Å². The molecular formula is C15H23Cl2N. The van der Waals surface area contributed by atoms with Gasteiger partial charge >= 0.3 is 0 Å². The first-order valence-corrected chi connectivity index (χ1v) is 7.54. The van der Waals surface area contributed by atoms with Gasteiger partial charge in [0.25, 0.3) is 0 Å². The molecule has 0 heterocycles. The minimum absolute atomic E-state index is 0.315. The molecule has 1 N–H and O–H groups in total. The summed E-state index contributed by atoms with van der Waals surface area (Å²) in [5.41, 5.74) is 1.16. The predicted molar refractivity (Wildman–Crippen MR) is 81.6 cm³/mol. The number of hydrogen-bond donors (Lipinski definition) is 1. The van der Waals surface area contributed by atoms with E-state index in [1.807, 2.05) is 18.2 Å². The van der Waals surface area contributed by atoms with Crippen molar-refractivity contribution in [3.8, 4) is 0 Å². The van der Waals surface area contributed by atoms with Crippen LogP contribution in [0.5, 0.6) is 0 Å². The van der Waals surface area contributed by atoms with Crippen LogP contribution in [0.4, 0.5) is 0 Å². The first-order chi connectivity index (χ1) is 8.60. The molecule has 0 aromatic heterocycles. The van der Waals surface area contributed by atoms with Gasteiger partial charge in [0.05, 0.1) is 0 Å². The Bertz CT molecular complexity index is 366. The van der Waals surface area contributed by atoms with E-state index in [1.54, 1.807) is 0 Å². The third-order valence-electron chi connectivity index (χ3n) is 3.22. The van der Waals surface area contributed by atoms with Gasteiger partial charge < -0.3 is 5.32 Å². The van der Waals surface area contributed by atoms with Gasteiger partial charge in [0.15, 0.2) is 0 Å². The average Bonchev–Trinajstić information content (AvgIpc) is 2.32. The van der Waals surface area contributed by atoms with Gasteiger partial charge in [-0.05, 0) is 43.0 Å². The van der Waals surface area contributed by atoms with Crippen LogP contribution in [0, 0.1) is 5.92 Å². The number of halogens is 2. The lowest BCUT2D eigenvalue weighted by Gasteiger charge is -2.26. The Labute approximate surface area is 121 Å². The van der Waals surface area contributed by atoms with Gasteiger partial charge in [0.2, 0.25) is 0 Å². The fourth-order valence-corrected chi connectivity index (χ4v) is 2.82. The van der Waals surface area contributed by atoms with Gasteiger partial charge in [-0.3, -0.25) is 0 Å². The largest absolute Gasteiger partial charge is 0.310 e. The second-order valence-corrected chi connectivity index (χ2v) is 5.71. The lowest BCUT2D eigenvalue weighted by molar-refractivity contribution is 0.363. The Hall–Kier alpha value is -0.240. The molecule has 2 unspecified atom stereocenters. The van der Waals surface area contributed by atoms with Gasteiger partial charge in [-0.15, -0.1) is 0 Å². The molecule has 1 aromatic carbocycles. The van der Waals surface area contributed by atoms with Gasteiger partial charge in [0.1, 0.15) is 0 Å². The van der Waals surface area contributed by atoms with E-state index in [1.165, 1.54) is 12.8 Å². The minimum Gasteiger partial charge on any atom is -0.310 e. The van der Waals surface area contributed by atoms with Crippen molar-refractivity contribution >= 4 is 23.2 Å². The highest BCUT2D eigenvalue weighted by atomic mass is 35.5. The predicted octanol–water partition coefficient (Wildman–Crippen LogP) is 5.47. The molecule has 18 heavy (non-hydrogen) atoms. The maximum Gasteiger partial charge on any atom is 0.0468 e. The first-order valence-electron chi connectivity index (χ1n) is 6.78. The first kappa shape index (κ1) is 15.8. The highest BCUT2D eigenvalue weighted by Gasteiger charge is 2.20. The van der Waals surface area contributed by atoms with Crippen LogP contribution in [0.1, 0.15) is 51.6 Å². The van der Waals surface area contributed by atoms with Crippen LogP contribution >= 0.6 is 23.2 Å². The fourth-order valence-electron chi connectivity index (χ4n) is 2.29. The van der Waals surface area contributed by atoms with Crippen molar-refractivity contribution in [1.82, 2.24) is 5.32 Å². The number of benzene rings is 1. The molecular weight excluding hydrogens is 265 g/mol. The molecule has 1 nitrogen and oxygen atoms in total. The standard InChI is InChI=1S/C15H23Cl2N/c1-4-6-11(3)15(18-9-5-2)13-8-7-12(16)10-14(13)17/h7-8,10-11,15,18H,4-6,9H2,1-3H3. The molecule has 1 rings (SSSR count). The zero-order chi connectivity index (χ0) is 13.5. The molecule has 0 aliphatic carbocycles. The van der Waals surface area contributed by atoms with Crippen LogP contribution in [0.2, 0.25) is 10.0 Å². The molecule has 0 fully saturated rings. The Morgan fingerprint density at radius 2 is 1.89 bits per heavy atom. The highest BCUT2D eigenvalue weighted by molar-refractivity contribution is 6.35. The van der Waals surface area contributed by atoms with Crippen LogP contribution in [0.25, 0.3) is 0 Å². The molecule has 0 amide bonds. The van der Waals surface area contributed by atoms with Gasteiger partial charge in [0, 0.05) is 16.1 Å².